The Hall–Kier alpha value is -1.65. The van der Waals surface area contributed by atoms with Gasteiger partial charge >= 0.3 is 5.97 Å². The Kier molecular flexibility index (Phi) is 3.47. The molecule has 0 saturated carbocycles. The molecule has 0 radical (unpaired) electrons. The van der Waals surface area contributed by atoms with Crippen LogP contribution < -0.4 is 4.74 Å². The van der Waals surface area contributed by atoms with E-state index in [0.29, 0.717) is 5.75 Å². The van der Waals surface area contributed by atoms with Crippen molar-refractivity contribution >= 4 is 5.97 Å². The lowest BCUT2D eigenvalue weighted by molar-refractivity contribution is -0.136. The minimum absolute atomic E-state index is 0.218. The zero-order valence-electron chi connectivity index (χ0n) is 8.96. The van der Waals surface area contributed by atoms with Crippen LogP contribution in [0.3, 0.4) is 0 Å². The molecule has 3 nitrogen and oxygen atoms in total. The number of ether oxygens (including phenoxy) is 1. The highest BCUT2D eigenvalue weighted by Crippen LogP contribution is 2.31. The third-order valence-corrected chi connectivity index (χ3v) is 2.13. The van der Waals surface area contributed by atoms with Crippen molar-refractivity contribution in [2.45, 2.75) is 19.3 Å². The van der Waals surface area contributed by atoms with Gasteiger partial charge < -0.3 is 9.84 Å². The molecule has 0 spiro atoms. The number of hydrogen-bond acceptors (Lipinski definition) is 2. The van der Waals surface area contributed by atoms with Crippen LogP contribution >= 0.6 is 0 Å². The van der Waals surface area contributed by atoms with Gasteiger partial charge in [-0.25, -0.2) is 8.78 Å². The summed E-state index contributed by atoms with van der Waals surface area (Å²) in [5.74, 6) is -3.77. The van der Waals surface area contributed by atoms with E-state index in [1.807, 2.05) is 0 Å². The lowest BCUT2D eigenvalue weighted by atomic mass is 10.0. The molecule has 0 heterocycles. The van der Waals surface area contributed by atoms with Gasteiger partial charge in [0.05, 0.1) is 13.5 Å². The van der Waals surface area contributed by atoms with Crippen LogP contribution in [0.15, 0.2) is 18.2 Å². The van der Waals surface area contributed by atoms with Gasteiger partial charge in [-0.1, -0.05) is 0 Å². The number of carboxylic acids is 1. The predicted octanol–water partition coefficient (Wildman–Crippen LogP) is 2.43. The first-order chi connectivity index (χ1) is 7.34. The highest BCUT2D eigenvalue weighted by molar-refractivity contribution is 5.71. The van der Waals surface area contributed by atoms with Gasteiger partial charge in [-0.2, -0.15) is 0 Å². The molecule has 1 rings (SSSR count). The van der Waals surface area contributed by atoms with Crippen LogP contribution in [0.25, 0.3) is 0 Å². The molecule has 0 bridgehead atoms. The maximum absolute atomic E-state index is 13.0. The number of methoxy groups -OCH3 is 1. The summed E-state index contributed by atoms with van der Waals surface area (Å²) >= 11 is 0. The first-order valence-corrected chi connectivity index (χ1v) is 4.61. The number of halogens is 2. The van der Waals surface area contributed by atoms with Crippen molar-refractivity contribution in [2.24, 2.45) is 0 Å². The summed E-state index contributed by atoms with van der Waals surface area (Å²) in [6.45, 7) is 0.763. The van der Waals surface area contributed by atoms with Crippen molar-refractivity contribution in [3.05, 3.63) is 29.3 Å². The normalized spacial score (nSPS) is 11.2. The van der Waals surface area contributed by atoms with Gasteiger partial charge in [0.25, 0.3) is 5.92 Å². The van der Waals surface area contributed by atoms with Crippen LogP contribution in [0.2, 0.25) is 0 Å². The van der Waals surface area contributed by atoms with Crippen LogP contribution in [0.1, 0.15) is 18.1 Å². The summed E-state index contributed by atoms with van der Waals surface area (Å²) < 4.78 is 30.9. The molecule has 0 aromatic heterocycles. The van der Waals surface area contributed by atoms with Crippen molar-refractivity contribution in [3.63, 3.8) is 0 Å². The van der Waals surface area contributed by atoms with E-state index in [0.717, 1.165) is 13.0 Å². The minimum Gasteiger partial charge on any atom is -0.496 e. The van der Waals surface area contributed by atoms with Crippen LogP contribution in [-0.2, 0) is 17.1 Å². The summed E-state index contributed by atoms with van der Waals surface area (Å²) in [7, 11) is 1.37. The summed E-state index contributed by atoms with van der Waals surface area (Å²) in [5.41, 5.74) is 0.0265. The predicted molar refractivity (Wildman–Crippen MR) is 53.9 cm³/mol. The van der Waals surface area contributed by atoms with Crippen molar-refractivity contribution in [1.82, 2.24) is 0 Å². The molecule has 16 heavy (non-hydrogen) atoms. The van der Waals surface area contributed by atoms with Crippen LogP contribution in [0.4, 0.5) is 8.78 Å². The molecule has 88 valence electrons. The Labute approximate surface area is 91.7 Å². The molecule has 5 heteroatoms. The van der Waals surface area contributed by atoms with E-state index in [9.17, 15) is 13.6 Å². The molecule has 0 atom stereocenters. The molecule has 0 aliphatic rings. The number of benzene rings is 1. The van der Waals surface area contributed by atoms with Gasteiger partial charge in [-0.15, -0.1) is 0 Å². The second kappa shape index (κ2) is 4.47. The SMILES string of the molecule is COc1ccc(C(C)(F)F)cc1CC(=O)O. The smallest absolute Gasteiger partial charge is 0.307 e. The standard InChI is InChI=1S/C11H12F2O3/c1-11(12,13)8-3-4-9(16-2)7(5-8)6-10(14)15/h3-5H,6H2,1-2H3,(H,14,15). The molecule has 1 aromatic rings. The molecule has 0 aliphatic carbocycles. The Balaban J connectivity index is 3.16. The van der Waals surface area contributed by atoms with Gasteiger partial charge in [0.15, 0.2) is 0 Å². The molecular weight excluding hydrogens is 218 g/mol. The highest BCUT2D eigenvalue weighted by Gasteiger charge is 2.25. The average Bonchev–Trinajstić information content (AvgIpc) is 2.15. The van der Waals surface area contributed by atoms with E-state index in [2.05, 4.69) is 0 Å². The lowest BCUT2D eigenvalue weighted by Gasteiger charge is -2.14. The van der Waals surface area contributed by atoms with Crippen molar-refractivity contribution < 1.29 is 23.4 Å². The zero-order valence-corrected chi connectivity index (χ0v) is 8.96. The Morgan fingerprint density at radius 1 is 1.50 bits per heavy atom. The first kappa shape index (κ1) is 12.4. The fourth-order valence-electron chi connectivity index (χ4n) is 1.35. The fourth-order valence-corrected chi connectivity index (χ4v) is 1.35. The van der Waals surface area contributed by atoms with E-state index in [1.54, 1.807) is 0 Å². The highest BCUT2D eigenvalue weighted by atomic mass is 19.3. The van der Waals surface area contributed by atoms with Crippen LogP contribution in [0, 0.1) is 0 Å². The third kappa shape index (κ3) is 2.92. The second-order valence-electron chi connectivity index (χ2n) is 3.49. The molecule has 0 aliphatic heterocycles. The molecule has 1 aromatic carbocycles. The summed E-state index contributed by atoms with van der Waals surface area (Å²) in [6.07, 6.45) is -0.340. The maximum Gasteiger partial charge on any atom is 0.307 e. The van der Waals surface area contributed by atoms with Gasteiger partial charge in [0, 0.05) is 18.1 Å². The van der Waals surface area contributed by atoms with E-state index >= 15 is 0 Å². The molecule has 1 N–H and O–H groups in total. The van der Waals surface area contributed by atoms with E-state index < -0.39 is 11.9 Å². The molecule has 0 unspecified atom stereocenters. The zero-order chi connectivity index (χ0) is 12.3. The quantitative estimate of drug-likeness (QED) is 0.864. The number of aliphatic carboxylic acids is 1. The Morgan fingerprint density at radius 3 is 2.56 bits per heavy atom. The van der Waals surface area contributed by atoms with Crippen molar-refractivity contribution in [3.8, 4) is 5.75 Å². The van der Waals surface area contributed by atoms with Crippen molar-refractivity contribution in [2.75, 3.05) is 7.11 Å². The van der Waals surface area contributed by atoms with Crippen LogP contribution in [-0.4, -0.2) is 18.2 Å². The van der Waals surface area contributed by atoms with Gasteiger partial charge in [-0.3, -0.25) is 4.79 Å². The number of carboxylic acid groups (broad SMARTS) is 1. The summed E-state index contributed by atoms with van der Waals surface area (Å²) in [5, 5.41) is 8.64. The number of hydrogen-bond donors (Lipinski definition) is 1. The van der Waals surface area contributed by atoms with E-state index in [4.69, 9.17) is 9.84 Å². The topological polar surface area (TPSA) is 46.5 Å². The summed E-state index contributed by atoms with van der Waals surface area (Å²) in [6, 6.07) is 3.74. The molecule has 0 amide bonds. The number of alkyl halides is 2. The monoisotopic (exact) mass is 230 g/mol. The maximum atomic E-state index is 13.0. The van der Waals surface area contributed by atoms with Gasteiger partial charge in [0.1, 0.15) is 5.75 Å². The van der Waals surface area contributed by atoms with Gasteiger partial charge in [-0.05, 0) is 18.2 Å². The summed E-state index contributed by atoms with van der Waals surface area (Å²) in [4.78, 5) is 10.6. The third-order valence-electron chi connectivity index (χ3n) is 2.13. The van der Waals surface area contributed by atoms with Crippen molar-refractivity contribution in [1.29, 1.82) is 0 Å². The lowest BCUT2D eigenvalue weighted by Crippen LogP contribution is -2.09. The minimum atomic E-state index is -2.99. The first-order valence-electron chi connectivity index (χ1n) is 4.61. The molecule has 0 fully saturated rings. The van der Waals surface area contributed by atoms with Gasteiger partial charge in [0.2, 0.25) is 0 Å². The largest absolute Gasteiger partial charge is 0.496 e. The average molecular weight is 230 g/mol. The molecule has 0 saturated heterocycles. The van der Waals surface area contributed by atoms with E-state index in [-0.39, 0.29) is 17.5 Å². The molecular formula is C11H12F2O3. The second-order valence-corrected chi connectivity index (χ2v) is 3.49. The fraction of sp³-hybridized carbons (Fsp3) is 0.364. The Morgan fingerprint density at radius 2 is 2.12 bits per heavy atom. The van der Waals surface area contributed by atoms with Crippen LogP contribution in [0.5, 0.6) is 5.75 Å². The number of carbonyl (C=O) groups is 1. The number of rotatable bonds is 4. The Bertz CT molecular complexity index is 397. The van der Waals surface area contributed by atoms with E-state index in [1.165, 1.54) is 19.2 Å².